The van der Waals surface area contributed by atoms with E-state index in [1.54, 1.807) is 0 Å². The number of esters is 1. The third-order valence-electron chi connectivity index (χ3n) is 3.63. The van der Waals surface area contributed by atoms with Gasteiger partial charge in [0, 0.05) is 15.7 Å². The minimum Gasteiger partial charge on any atom is -0.490 e. The van der Waals surface area contributed by atoms with Crippen LogP contribution in [0, 0.1) is 0 Å². The quantitative estimate of drug-likeness (QED) is 0.508. The van der Waals surface area contributed by atoms with Gasteiger partial charge >= 0.3 is 5.97 Å². The number of ether oxygens (including phenoxy) is 4. The Kier molecular flexibility index (Phi) is 9.08. The van der Waals surface area contributed by atoms with E-state index in [1.807, 2.05) is 20.8 Å². The summed E-state index contributed by atoms with van der Waals surface area (Å²) in [4.78, 5) is 24.6. The van der Waals surface area contributed by atoms with Crippen molar-refractivity contribution in [1.82, 2.24) is 0 Å². The lowest BCUT2D eigenvalue weighted by atomic mass is 10.2. The number of carbonyl (C=O) groups excluding carboxylic acids is 2. The molecule has 0 aliphatic heterocycles. The minimum absolute atomic E-state index is 0.170. The van der Waals surface area contributed by atoms with Gasteiger partial charge in [0.1, 0.15) is 0 Å². The van der Waals surface area contributed by atoms with Crippen LogP contribution in [-0.4, -0.2) is 38.3 Å². The van der Waals surface area contributed by atoms with Gasteiger partial charge < -0.3 is 24.3 Å². The summed E-state index contributed by atoms with van der Waals surface area (Å²) in [6.45, 7) is 6.10. The highest BCUT2D eigenvalue weighted by Crippen LogP contribution is 2.39. The Morgan fingerprint density at radius 3 is 1.87 bits per heavy atom. The highest BCUT2D eigenvalue weighted by Gasteiger charge is 2.20. The molecular weight excluding hydrogens is 433 g/mol. The van der Waals surface area contributed by atoms with Crippen LogP contribution >= 0.6 is 23.2 Å². The molecule has 162 valence electrons. The second-order valence-corrected chi connectivity index (χ2v) is 6.76. The van der Waals surface area contributed by atoms with Crippen molar-refractivity contribution in [2.75, 3.05) is 31.7 Å². The average molecular weight is 456 g/mol. The zero-order valence-electron chi connectivity index (χ0n) is 16.9. The summed E-state index contributed by atoms with van der Waals surface area (Å²) < 4.78 is 21.9. The monoisotopic (exact) mass is 455 g/mol. The topological polar surface area (TPSA) is 83.1 Å². The van der Waals surface area contributed by atoms with E-state index in [9.17, 15) is 9.59 Å². The van der Waals surface area contributed by atoms with Gasteiger partial charge in [-0.05, 0) is 51.1 Å². The van der Waals surface area contributed by atoms with Crippen molar-refractivity contribution in [2.45, 2.75) is 20.8 Å². The molecular formula is C21H23Cl2NO6. The number of amides is 1. The smallest absolute Gasteiger partial charge is 0.338 e. The summed E-state index contributed by atoms with van der Waals surface area (Å²) in [6, 6.07) is 7.59. The van der Waals surface area contributed by atoms with Crippen molar-refractivity contribution in [3.8, 4) is 17.2 Å². The predicted molar refractivity (Wildman–Crippen MR) is 115 cm³/mol. The average Bonchev–Trinajstić information content (AvgIpc) is 2.68. The van der Waals surface area contributed by atoms with Gasteiger partial charge in [0.15, 0.2) is 18.1 Å². The predicted octanol–water partition coefficient (Wildman–Crippen LogP) is 4.99. The first-order valence-electron chi connectivity index (χ1n) is 9.37. The fourth-order valence-electron chi connectivity index (χ4n) is 2.54. The van der Waals surface area contributed by atoms with Crippen LogP contribution in [0.25, 0.3) is 0 Å². The molecule has 2 rings (SSSR count). The number of halogens is 2. The number of anilines is 1. The van der Waals surface area contributed by atoms with Crippen LogP contribution in [-0.2, 0) is 9.53 Å². The molecule has 0 radical (unpaired) electrons. The van der Waals surface area contributed by atoms with Crippen molar-refractivity contribution < 1.29 is 28.5 Å². The molecule has 0 aliphatic rings. The molecule has 0 fully saturated rings. The molecule has 2 aromatic carbocycles. The number of hydrogen-bond donors (Lipinski definition) is 1. The first kappa shape index (κ1) is 23.6. The van der Waals surface area contributed by atoms with Gasteiger partial charge in [0.2, 0.25) is 5.75 Å². The standard InChI is InChI=1S/C21H23Cl2NO6/c1-4-27-17-7-13(8-18(28-5-2)20(17)29-6-3)21(26)30-12-19(25)24-16-10-14(22)9-15(23)11-16/h7-11H,4-6,12H2,1-3H3,(H,24,25). The zero-order chi connectivity index (χ0) is 22.1. The summed E-state index contributed by atoms with van der Waals surface area (Å²) in [5.41, 5.74) is 0.566. The summed E-state index contributed by atoms with van der Waals surface area (Å²) in [7, 11) is 0. The van der Waals surface area contributed by atoms with Crippen LogP contribution in [0.2, 0.25) is 10.0 Å². The van der Waals surface area contributed by atoms with Crippen LogP contribution < -0.4 is 19.5 Å². The molecule has 9 heteroatoms. The molecule has 0 aliphatic carbocycles. The van der Waals surface area contributed by atoms with Crippen LogP contribution in [0.4, 0.5) is 5.69 Å². The Morgan fingerprint density at radius 1 is 0.833 bits per heavy atom. The molecule has 0 heterocycles. The molecule has 0 aromatic heterocycles. The first-order valence-corrected chi connectivity index (χ1v) is 10.1. The minimum atomic E-state index is -0.709. The highest BCUT2D eigenvalue weighted by molar-refractivity contribution is 6.35. The Hall–Kier alpha value is -2.64. The van der Waals surface area contributed by atoms with E-state index < -0.39 is 18.5 Å². The van der Waals surface area contributed by atoms with Crippen molar-refractivity contribution in [1.29, 1.82) is 0 Å². The summed E-state index contributed by atoms with van der Waals surface area (Å²) in [5, 5.41) is 3.31. The lowest BCUT2D eigenvalue weighted by molar-refractivity contribution is -0.119. The molecule has 1 N–H and O–H groups in total. The first-order chi connectivity index (χ1) is 14.4. The van der Waals surface area contributed by atoms with Gasteiger partial charge in [0.05, 0.1) is 25.4 Å². The maximum absolute atomic E-state index is 12.5. The number of benzene rings is 2. The van der Waals surface area contributed by atoms with Crippen molar-refractivity contribution in [3.63, 3.8) is 0 Å². The van der Waals surface area contributed by atoms with Crippen LogP contribution in [0.3, 0.4) is 0 Å². The van der Waals surface area contributed by atoms with E-state index in [-0.39, 0.29) is 5.56 Å². The fourth-order valence-corrected chi connectivity index (χ4v) is 3.07. The van der Waals surface area contributed by atoms with Crippen molar-refractivity contribution >= 4 is 40.8 Å². The lowest BCUT2D eigenvalue weighted by Gasteiger charge is -2.16. The number of hydrogen-bond acceptors (Lipinski definition) is 6. The maximum atomic E-state index is 12.5. The largest absolute Gasteiger partial charge is 0.490 e. The SMILES string of the molecule is CCOc1cc(C(=O)OCC(=O)Nc2cc(Cl)cc(Cl)c2)cc(OCC)c1OCC. The molecule has 0 saturated carbocycles. The van der Waals surface area contributed by atoms with Gasteiger partial charge in [0.25, 0.3) is 5.91 Å². The van der Waals surface area contributed by atoms with E-state index in [1.165, 1.54) is 30.3 Å². The summed E-state index contributed by atoms with van der Waals surface area (Å²) in [5.74, 6) is -0.124. The molecule has 30 heavy (non-hydrogen) atoms. The second kappa shape index (κ2) is 11.5. The van der Waals surface area contributed by atoms with E-state index in [0.717, 1.165) is 0 Å². The molecule has 0 bridgehead atoms. The Balaban J connectivity index is 2.12. The van der Waals surface area contributed by atoms with E-state index in [0.29, 0.717) is 52.8 Å². The van der Waals surface area contributed by atoms with Gasteiger partial charge in [-0.25, -0.2) is 4.79 Å². The molecule has 2 aromatic rings. The van der Waals surface area contributed by atoms with Gasteiger partial charge in [-0.1, -0.05) is 23.2 Å². The molecule has 0 unspecified atom stereocenters. The molecule has 0 saturated heterocycles. The maximum Gasteiger partial charge on any atom is 0.338 e. The normalized spacial score (nSPS) is 10.3. The molecule has 7 nitrogen and oxygen atoms in total. The van der Waals surface area contributed by atoms with E-state index in [2.05, 4.69) is 5.32 Å². The zero-order valence-corrected chi connectivity index (χ0v) is 18.4. The Labute approximate surface area is 185 Å². The lowest BCUT2D eigenvalue weighted by Crippen LogP contribution is -2.21. The van der Waals surface area contributed by atoms with Crippen LogP contribution in [0.5, 0.6) is 17.2 Å². The summed E-state index contributed by atoms with van der Waals surface area (Å²) in [6.07, 6.45) is 0. The van der Waals surface area contributed by atoms with Gasteiger partial charge in [-0.3, -0.25) is 4.79 Å². The number of carbonyl (C=O) groups is 2. The summed E-state index contributed by atoms with van der Waals surface area (Å²) >= 11 is 11.8. The van der Waals surface area contributed by atoms with Gasteiger partial charge in [-0.2, -0.15) is 0 Å². The third-order valence-corrected chi connectivity index (χ3v) is 4.06. The van der Waals surface area contributed by atoms with Crippen molar-refractivity contribution in [3.05, 3.63) is 45.9 Å². The Morgan fingerprint density at radius 2 is 1.37 bits per heavy atom. The van der Waals surface area contributed by atoms with Crippen molar-refractivity contribution in [2.24, 2.45) is 0 Å². The number of nitrogens with one attached hydrogen (secondary N) is 1. The Bertz CT molecular complexity index is 856. The molecule has 1 amide bonds. The van der Waals surface area contributed by atoms with Crippen LogP contribution in [0.15, 0.2) is 30.3 Å². The van der Waals surface area contributed by atoms with E-state index in [4.69, 9.17) is 42.1 Å². The molecule has 0 atom stereocenters. The van der Waals surface area contributed by atoms with Crippen LogP contribution in [0.1, 0.15) is 31.1 Å². The molecule has 0 spiro atoms. The number of rotatable bonds is 10. The highest BCUT2D eigenvalue weighted by atomic mass is 35.5. The van der Waals surface area contributed by atoms with Gasteiger partial charge in [-0.15, -0.1) is 0 Å². The van der Waals surface area contributed by atoms with E-state index >= 15 is 0 Å². The fraction of sp³-hybridized carbons (Fsp3) is 0.333. The third kappa shape index (κ3) is 6.71. The second-order valence-electron chi connectivity index (χ2n) is 5.88.